The van der Waals surface area contributed by atoms with Crippen molar-refractivity contribution in [1.82, 2.24) is 5.32 Å². The van der Waals surface area contributed by atoms with Crippen molar-refractivity contribution in [3.8, 4) is 0 Å². The lowest BCUT2D eigenvalue weighted by atomic mass is 9.96. The zero-order valence-corrected chi connectivity index (χ0v) is 12.0. The van der Waals surface area contributed by atoms with Crippen LogP contribution in [0.3, 0.4) is 0 Å². The summed E-state index contributed by atoms with van der Waals surface area (Å²) in [6, 6.07) is 5.91. The molecule has 0 spiro atoms. The van der Waals surface area contributed by atoms with Gasteiger partial charge in [0.1, 0.15) is 0 Å². The summed E-state index contributed by atoms with van der Waals surface area (Å²) < 4.78 is 5.71. The van der Waals surface area contributed by atoms with Crippen LogP contribution in [0.2, 0.25) is 0 Å². The summed E-state index contributed by atoms with van der Waals surface area (Å²) in [7, 11) is 0. The number of carbonyl (C=O) groups is 1. The molecule has 3 rings (SSSR count). The molecule has 2 heterocycles. The van der Waals surface area contributed by atoms with Crippen molar-refractivity contribution in [3.63, 3.8) is 0 Å². The first-order valence-electron chi connectivity index (χ1n) is 7.46. The second kappa shape index (κ2) is 5.44. The third kappa shape index (κ3) is 2.66. The minimum absolute atomic E-state index is 0.0160. The molecule has 1 unspecified atom stereocenters. The monoisotopic (exact) mass is 274 g/mol. The van der Waals surface area contributed by atoms with Crippen LogP contribution in [0.25, 0.3) is 0 Å². The topological polar surface area (TPSA) is 50.4 Å². The molecule has 0 aliphatic carbocycles. The number of carbonyl (C=O) groups excluding carboxylic acids is 1. The SMILES string of the molecule is CC1(CNC(=O)c2cccc3c2CCCN3)CCCO1. The van der Waals surface area contributed by atoms with Gasteiger partial charge in [-0.1, -0.05) is 6.07 Å². The Balaban J connectivity index is 1.71. The van der Waals surface area contributed by atoms with Crippen LogP contribution in [0.4, 0.5) is 5.69 Å². The molecule has 2 N–H and O–H groups in total. The molecular weight excluding hydrogens is 252 g/mol. The van der Waals surface area contributed by atoms with Crippen LogP contribution in [0, 0.1) is 0 Å². The lowest BCUT2D eigenvalue weighted by molar-refractivity contribution is 0.0206. The van der Waals surface area contributed by atoms with E-state index in [-0.39, 0.29) is 11.5 Å². The molecule has 108 valence electrons. The Morgan fingerprint density at radius 3 is 3.15 bits per heavy atom. The first-order valence-corrected chi connectivity index (χ1v) is 7.46. The molecule has 1 atom stereocenters. The molecule has 4 nitrogen and oxygen atoms in total. The van der Waals surface area contributed by atoms with E-state index in [1.54, 1.807) is 0 Å². The molecule has 1 aromatic carbocycles. The molecule has 2 aliphatic rings. The Labute approximate surface area is 119 Å². The fourth-order valence-electron chi connectivity index (χ4n) is 3.06. The highest BCUT2D eigenvalue weighted by atomic mass is 16.5. The molecule has 1 fully saturated rings. The molecule has 0 bridgehead atoms. The zero-order valence-electron chi connectivity index (χ0n) is 12.0. The maximum atomic E-state index is 12.4. The van der Waals surface area contributed by atoms with E-state index in [4.69, 9.17) is 4.74 Å². The predicted molar refractivity (Wildman–Crippen MR) is 79.2 cm³/mol. The molecule has 0 radical (unpaired) electrons. The van der Waals surface area contributed by atoms with Crippen molar-refractivity contribution in [3.05, 3.63) is 29.3 Å². The highest BCUT2D eigenvalue weighted by Gasteiger charge is 2.30. The molecule has 20 heavy (non-hydrogen) atoms. The summed E-state index contributed by atoms with van der Waals surface area (Å²) in [5.74, 6) is 0.0160. The summed E-state index contributed by atoms with van der Waals surface area (Å²) in [5.41, 5.74) is 2.86. The number of nitrogens with one attached hydrogen (secondary N) is 2. The fraction of sp³-hybridized carbons (Fsp3) is 0.562. The van der Waals surface area contributed by atoms with Gasteiger partial charge in [-0.05, 0) is 50.3 Å². The smallest absolute Gasteiger partial charge is 0.251 e. The maximum Gasteiger partial charge on any atom is 0.251 e. The van der Waals surface area contributed by atoms with E-state index >= 15 is 0 Å². The summed E-state index contributed by atoms with van der Waals surface area (Å²) in [5, 5.41) is 6.40. The molecule has 0 aromatic heterocycles. The number of fused-ring (bicyclic) bond motifs is 1. The van der Waals surface area contributed by atoms with Crippen molar-refractivity contribution in [2.75, 3.05) is 25.0 Å². The van der Waals surface area contributed by atoms with Crippen LogP contribution < -0.4 is 10.6 Å². The van der Waals surface area contributed by atoms with E-state index in [0.29, 0.717) is 6.54 Å². The van der Waals surface area contributed by atoms with Crippen LogP contribution in [-0.2, 0) is 11.2 Å². The summed E-state index contributed by atoms with van der Waals surface area (Å²) in [6.07, 6.45) is 4.15. The Bertz CT molecular complexity index is 507. The number of rotatable bonds is 3. The number of hydrogen-bond donors (Lipinski definition) is 2. The summed E-state index contributed by atoms with van der Waals surface area (Å²) in [6.45, 7) is 4.45. The van der Waals surface area contributed by atoms with Gasteiger partial charge in [0.05, 0.1) is 5.60 Å². The molecule has 1 saturated heterocycles. The van der Waals surface area contributed by atoms with E-state index in [1.807, 2.05) is 18.2 Å². The van der Waals surface area contributed by atoms with Gasteiger partial charge in [0.2, 0.25) is 0 Å². The number of hydrogen-bond acceptors (Lipinski definition) is 3. The second-order valence-electron chi connectivity index (χ2n) is 5.95. The molecule has 1 amide bonds. The normalized spacial score (nSPS) is 24.9. The van der Waals surface area contributed by atoms with Crippen LogP contribution in [-0.4, -0.2) is 31.2 Å². The van der Waals surface area contributed by atoms with E-state index in [1.165, 1.54) is 0 Å². The Kier molecular flexibility index (Phi) is 3.66. The van der Waals surface area contributed by atoms with E-state index < -0.39 is 0 Å². The number of ether oxygens (including phenoxy) is 1. The fourth-order valence-corrected chi connectivity index (χ4v) is 3.06. The number of amides is 1. The van der Waals surface area contributed by atoms with Crippen molar-refractivity contribution in [2.24, 2.45) is 0 Å². The van der Waals surface area contributed by atoms with Gasteiger partial charge in [0, 0.05) is 30.9 Å². The Morgan fingerprint density at radius 1 is 1.45 bits per heavy atom. The first kappa shape index (κ1) is 13.4. The third-order valence-corrected chi connectivity index (χ3v) is 4.26. The number of benzene rings is 1. The lowest BCUT2D eigenvalue weighted by Crippen LogP contribution is -2.40. The van der Waals surface area contributed by atoms with Crippen molar-refractivity contribution >= 4 is 11.6 Å². The van der Waals surface area contributed by atoms with Crippen LogP contribution >= 0.6 is 0 Å². The molecule has 4 heteroatoms. The van der Waals surface area contributed by atoms with Crippen LogP contribution in [0.15, 0.2) is 18.2 Å². The van der Waals surface area contributed by atoms with Crippen LogP contribution in [0.1, 0.15) is 42.1 Å². The van der Waals surface area contributed by atoms with Crippen molar-refractivity contribution in [1.29, 1.82) is 0 Å². The Morgan fingerprint density at radius 2 is 2.35 bits per heavy atom. The minimum atomic E-state index is -0.192. The number of anilines is 1. The van der Waals surface area contributed by atoms with E-state index in [0.717, 1.165) is 55.6 Å². The van der Waals surface area contributed by atoms with Gasteiger partial charge in [-0.2, -0.15) is 0 Å². The minimum Gasteiger partial charge on any atom is -0.385 e. The third-order valence-electron chi connectivity index (χ3n) is 4.26. The second-order valence-corrected chi connectivity index (χ2v) is 5.95. The Hall–Kier alpha value is -1.55. The summed E-state index contributed by atoms with van der Waals surface area (Å²) in [4.78, 5) is 12.4. The lowest BCUT2D eigenvalue weighted by Gasteiger charge is -2.24. The standard InChI is InChI=1S/C16H22N2O2/c1-16(8-4-10-20-16)11-18-15(19)13-5-2-7-14-12(13)6-3-9-17-14/h2,5,7,17H,3-4,6,8-11H2,1H3,(H,18,19). The predicted octanol–water partition coefficient (Wildman–Crippen LogP) is 2.34. The quantitative estimate of drug-likeness (QED) is 0.889. The average molecular weight is 274 g/mol. The van der Waals surface area contributed by atoms with Gasteiger partial charge in [-0.15, -0.1) is 0 Å². The van der Waals surface area contributed by atoms with Gasteiger partial charge in [0.15, 0.2) is 0 Å². The van der Waals surface area contributed by atoms with E-state index in [9.17, 15) is 4.79 Å². The van der Waals surface area contributed by atoms with Gasteiger partial charge >= 0.3 is 0 Å². The molecule has 1 aromatic rings. The van der Waals surface area contributed by atoms with Gasteiger partial charge < -0.3 is 15.4 Å². The van der Waals surface area contributed by atoms with Crippen molar-refractivity contribution < 1.29 is 9.53 Å². The molecule has 2 aliphatic heterocycles. The van der Waals surface area contributed by atoms with Gasteiger partial charge in [-0.25, -0.2) is 0 Å². The maximum absolute atomic E-state index is 12.4. The highest BCUT2D eigenvalue weighted by molar-refractivity contribution is 5.97. The summed E-state index contributed by atoms with van der Waals surface area (Å²) >= 11 is 0. The van der Waals surface area contributed by atoms with Crippen molar-refractivity contribution in [2.45, 2.75) is 38.2 Å². The highest BCUT2D eigenvalue weighted by Crippen LogP contribution is 2.26. The van der Waals surface area contributed by atoms with Gasteiger partial charge in [-0.3, -0.25) is 4.79 Å². The van der Waals surface area contributed by atoms with Crippen LogP contribution in [0.5, 0.6) is 0 Å². The largest absolute Gasteiger partial charge is 0.385 e. The average Bonchev–Trinajstić information content (AvgIpc) is 2.91. The molecular formula is C16H22N2O2. The zero-order chi connectivity index (χ0) is 14.0. The van der Waals surface area contributed by atoms with E-state index in [2.05, 4.69) is 17.6 Å². The van der Waals surface area contributed by atoms with Gasteiger partial charge in [0.25, 0.3) is 5.91 Å². The molecule has 0 saturated carbocycles. The first-order chi connectivity index (χ1) is 9.68.